The first-order valence-electron chi connectivity index (χ1n) is 6.76. The van der Waals surface area contributed by atoms with Crippen molar-refractivity contribution in [1.82, 2.24) is 9.97 Å². The number of nitrogens with one attached hydrogen (secondary N) is 1. The Labute approximate surface area is 111 Å². The standard InChI is InChI=1S/C14H17N3O2/c1-2-4-12-11(3-1)15-13(16-12)17-6-8-19-14(9-17)5-7-18-10-14/h1-4H,5-10H2,(H,15,16). The zero-order valence-electron chi connectivity index (χ0n) is 10.8. The molecular formula is C14H17N3O2. The lowest BCUT2D eigenvalue weighted by atomic mass is 10.0. The van der Waals surface area contributed by atoms with Crippen LogP contribution in [0.3, 0.4) is 0 Å². The number of imidazole rings is 1. The lowest BCUT2D eigenvalue weighted by Gasteiger charge is -2.39. The summed E-state index contributed by atoms with van der Waals surface area (Å²) in [4.78, 5) is 10.3. The predicted octanol–water partition coefficient (Wildman–Crippen LogP) is 1.56. The molecule has 5 nitrogen and oxygen atoms in total. The van der Waals surface area contributed by atoms with E-state index in [0.29, 0.717) is 6.61 Å². The van der Waals surface area contributed by atoms with Crippen LogP contribution in [0.25, 0.3) is 11.0 Å². The number of aromatic nitrogens is 2. The maximum atomic E-state index is 5.94. The van der Waals surface area contributed by atoms with Gasteiger partial charge < -0.3 is 19.4 Å². The van der Waals surface area contributed by atoms with Crippen molar-refractivity contribution in [3.63, 3.8) is 0 Å². The Morgan fingerprint density at radius 2 is 2.21 bits per heavy atom. The van der Waals surface area contributed by atoms with Crippen molar-refractivity contribution in [1.29, 1.82) is 0 Å². The Kier molecular flexibility index (Phi) is 2.50. The van der Waals surface area contributed by atoms with Crippen molar-refractivity contribution in [3.8, 4) is 0 Å². The molecule has 2 saturated heterocycles. The molecule has 1 aromatic heterocycles. The van der Waals surface area contributed by atoms with Gasteiger partial charge in [-0.15, -0.1) is 0 Å². The number of ether oxygens (including phenoxy) is 2. The Balaban J connectivity index is 1.64. The fourth-order valence-electron chi connectivity index (χ4n) is 2.94. The summed E-state index contributed by atoms with van der Waals surface area (Å²) < 4.78 is 11.4. The zero-order valence-corrected chi connectivity index (χ0v) is 10.8. The molecule has 19 heavy (non-hydrogen) atoms. The lowest BCUT2D eigenvalue weighted by Crippen LogP contribution is -2.52. The second-order valence-corrected chi connectivity index (χ2v) is 5.33. The van der Waals surface area contributed by atoms with Crippen LogP contribution in [0, 0.1) is 0 Å². The number of aromatic amines is 1. The second kappa shape index (κ2) is 4.21. The van der Waals surface area contributed by atoms with Crippen LogP contribution in [0.5, 0.6) is 0 Å². The van der Waals surface area contributed by atoms with Crippen molar-refractivity contribution in [2.24, 2.45) is 0 Å². The minimum absolute atomic E-state index is 0.128. The maximum Gasteiger partial charge on any atom is 0.204 e. The van der Waals surface area contributed by atoms with E-state index in [1.54, 1.807) is 0 Å². The van der Waals surface area contributed by atoms with Gasteiger partial charge in [0.2, 0.25) is 5.95 Å². The number of hydrogen-bond donors (Lipinski definition) is 1. The number of fused-ring (bicyclic) bond motifs is 1. The highest BCUT2D eigenvalue weighted by atomic mass is 16.6. The number of anilines is 1. The summed E-state index contributed by atoms with van der Waals surface area (Å²) in [5, 5.41) is 0. The van der Waals surface area contributed by atoms with Crippen molar-refractivity contribution < 1.29 is 9.47 Å². The quantitative estimate of drug-likeness (QED) is 0.844. The summed E-state index contributed by atoms with van der Waals surface area (Å²) in [7, 11) is 0. The molecule has 100 valence electrons. The van der Waals surface area contributed by atoms with Crippen LogP contribution >= 0.6 is 0 Å². The van der Waals surface area contributed by atoms with Crippen molar-refractivity contribution in [2.45, 2.75) is 12.0 Å². The highest BCUT2D eigenvalue weighted by molar-refractivity contribution is 5.77. The molecule has 1 atom stereocenters. The van der Waals surface area contributed by atoms with Gasteiger partial charge in [-0.1, -0.05) is 12.1 Å². The molecule has 2 fully saturated rings. The summed E-state index contributed by atoms with van der Waals surface area (Å²) in [6.07, 6.45) is 0.976. The third kappa shape index (κ3) is 1.89. The molecule has 0 bridgehead atoms. The first-order chi connectivity index (χ1) is 9.35. The summed E-state index contributed by atoms with van der Waals surface area (Å²) in [5.74, 6) is 0.941. The molecule has 0 aliphatic carbocycles. The van der Waals surface area contributed by atoms with Crippen LogP contribution in [0.4, 0.5) is 5.95 Å². The smallest absolute Gasteiger partial charge is 0.204 e. The molecule has 2 aromatic rings. The van der Waals surface area contributed by atoms with E-state index < -0.39 is 0 Å². The van der Waals surface area contributed by atoms with Gasteiger partial charge in [-0.25, -0.2) is 4.98 Å². The van der Waals surface area contributed by atoms with E-state index in [-0.39, 0.29) is 5.60 Å². The summed E-state index contributed by atoms with van der Waals surface area (Å²) >= 11 is 0. The van der Waals surface area contributed by atoms with Gasteiger partial charge in [-0.2, -0.15) is 0 Å². The molecule has 1 N–H and O–H groups in total. The van der Waals surface area contributed by atoms with E-state index in [9.17, 15) is 0 Å². The molecule has 0 saturated carbocycles. The molecule has 2 aliphatic heterocycles. The minimum Gasteiger partial charge on any atom is -0.378 e. The summed E-state index contributed by atoms with van der Waals surface area (Å²) in [5.41, 5.74) is 1.97. The van der Waals surface area contributed by atoms with Gasteiger partial charge >= 0.3 is 0 Å². The minimum atomic E-state index is -0.128. The number of benzene rings is 1. The Bertz CT molecular complexity index is 556. The van der Waals surface area contributed by atoms with Crippen LogP contribution < -0.4 is 4.90 Å². The number of hydrogen-bond acceptors (Lipinski definition) is 4. The number of para-hydroxylation sites is 2. The van der Waals surface area contributed by atoms with Crippen molar-refractivity contribution in [2.75, 3.05) is 37.8 Å². The number of nitrogens with zero attached hydrogens (tertiary/aromatic N) is 2. The molecular weight excluding hydrogens is 242 g/mol. The van der Waals surface area contributed by atoms with E-state index >= 15 is 0 Å². The third-order valence-corrected chi connectivity index (χ3v) is 3.99. The van der Waals surface area contributed by atoms with Gasteiger partial charge in [0.1, 0.15) is 5.60 Å². The van der Waals surface area contributed by atoms with Crippen LogP contribution in [-0.4, -0.2) is 48.5 Å². The van der Waals surface area contributed by atoms with Gasteiger partial charge in [0.15, 0.2) is 0 Å². The maximum absolute atomic E-state index is 5.94. The molecule has 2 aliphatic rings. The summed E-state index contributed by atoms with van der Waals surface area (Å²) in [6.45, 7) is 3.96. The van der Waals surface area contributed by atoms with Gasteiger partial charge in [-0.3, -0.25) is 0 Å². The van der Waals surface area contributed by atoms with Gasteiger partial charge in [0.05, 0.1) is 30.8 Å². The predicted molar refractivity (Wildman–Crippen MR) is 72.4 cm³/mol. The van der Waals surface area contributed by atoms with Crippen LogP contribution in [-0.2, 0) is 9.47 Å². The number of rotatable bonds is 1. The Morgan fingerprint density at radius 1 is 1.26 bits per heavy atom. The Morgan fingerprint density at radius 3 is 3.05 bits per heavy atom. The first kappa shape index (κ1) is 11.3. The fourth-order valence-corrected chi connectivity index (χ4v) is 2.94. The molecule has 5 heteroatoms. The van der Waals surface area contributed by atoms with E-state index in [1.807, 2.05) is 18.2 Å². The topological polar surface area (TPSA) is 50.4 Å². The molecule has 1 aromatic carbocycles. The molecule has 0 amide bonds. The summed E-state index contributed by atoms with van der Waals surface area (Å²) in [6, 6.07) is 8.12. The lowest BCUT2D eigenvalue weighted by molar-refractivity contribution is -0.0582. The molecule has 1 unspecified atom stereocenters. The zero-order chi connectivity index (χ0) is 12.7. The van der Waals surface area contributed by atoms with Crippen molar-refractivity contribution in [3.05, 3.63) is 24.3 Å². The fraction of sp³-hybridized carbons (Fsp3) is 0.500. The molecule has 0 radical (unpaired) electrons. The van der Waals surface area contributed by atoms with E-state index in [4.69, 9.17) is 9.47 Å². The number of H-pyrrole nitrogens is 1. The normalized spacial score (nSPS) is 27.5. The SMILES string of the molecule is c1ccc2[nH]c(N3CCOC4(CCOC4)C3)nc2c1. The van der Waals surface area contributed by atoms with Gasteiger partial charge in [0.25, 0.3) is 0 Å². The van der Waals surface area contributed by atoms with Crippen molar-refractivity contribution >= 4 is 17.0 Å². The first-order valence-corrected chi connectivity index (χ1v) is 6.76. The largest absolute Gasteiger partial charge is 0.378 e. The highest BCUT2D eigenvalue weighted by Crippen LogP contribution is 2.29. The van der Waals surface area contributed by atoms with E-state index in [2.05, 4.69) is 20.9 Å². The molecule has 1 spiro atoms. The van der Waals surface area contributed by atoms with Crippen LogP contribution in [0.1, 0.15) is 6.42 Å². The van der Waals surface area contributed by atoms with E-state index in [1.165, 1.54) is 0 Å². The van der Waals surface area contributed by atoms with Gasteiger partial charge in [-0.05, 0) is 12.1 Å². The van der Waals surface area contributed by atoms with E-state index in [0.717, 1.165) is 49.7 Å². The van der Waals surface area contributed by atoms with Crippen LogP contribution in [0.2, 0.25) is 0 Å². The average Bonchev–Trinajstić information content (AvgIpc) is 3.05. The highest BCUT2D eigenvalue weighted by Gasteiger charge is 2.41. The molecule has 4 rings (SSSR count). The Hall–Kier alpha value is -1.59. The second-order valence-electron chi connectivity index (χ2n) is 5.33. The monoisotopic (exact) mass is 259 g/mol. The molecule has 3 heterocycles. The van der Waals surface area contributed by atoms with Gasteiger partial charge in [0, 0.05) is 19.6 Å². The number of morpholine rings is 1. The average molecular weight is 259 g/mol. The third-order valence-electron chi connectivity index (χ3n) is 3.99. The van der Waals surface area contributed by atoms with Crippen LogP contribution in [0.15, 0.2) is 24.3 Å².